The summed E-state index contributed by atoms with van der Waals surface area (Å²) in [6.07, 6.45) is 1.94. The van der Waals surface area contributed by atoms with E-state index in [9.17, 15) is 9.59 Å². The molecule has 0 fully saturated rings. The quantitative estimate of drug-likeness (QED) is 0.600. The molecule has 3 aromatic rings. The van der Waals surface area contributed by atoms with E-state index in [-0.39, 0.29) is 6.61 Å². The van der Waals surface area contributed by atoms with Gasteiger partial charge in [0.05, 0.1) is 5.52 Å². The molecule has 9 heteroatoms. The number of aromatic nitrogens is 5. The summed E-state index contributed by atoms with van der Waals surface area (Å²) in [5.74, 6) is -0.685. The van der Waals surface area contributed by atoms with Gasteiger partial charge in [0.1, 0.15) is 6.04 Å². The number of unbranched alkanes of at least 4 members (excludes halogenated alkanes) is 1. The van der Waals surface area contributed by atoms with Crippen LogP contribution < -0.4 is 5.76 Å². The molecule has 0 saturated carbocycles. The monoisotopic (exact) mass is 345 g/mol. The Balaban J connectivity index is 1.72. The highest BCUT2D eigenvalue weighted by Crippen LogP contribution is 2.17. The first-order chi connectivity index (χ1) is 12.1. The van der Waals surface area contributed by atoms with Crippen LogP contribution in [0.15, 0.2) is 33.5 Å². The molecular weight excluding hydrogens is 326 g/mol. The van der Waals surface area contributed by atoms with Crippen molar-refractivity contribution in [2.75, 3.05) is 0 Å². The minimum absolute atomic E-state index is 0.0512. The molecule has 0 aliphatic carbocycles. The van der Waals surface area contributed by atoms with Gasteiger partial charge in [-0.2, -0.15) is 0 Å². The summed E-state index contributed by atoms with van der Waals surface area (Å²) in [6, 6.07) is 6.10. The van der Waals surface area contributed by atoms with Gasteiger partial charge in [-0.3, -0.25) is 4.57 Å². The third-order valence-corrected chi connectivity index (χ3v) is 3.92. The van der Waals surface area contributed by atoms with Crippen LogP contribution in [-0.4, -0.2) is 30.7 Å². The lowest BCUT2D eigenvalue weighted by Gasteiger charge is -2.12. The smallest absolute Gasteiger partial charge is 0.420 e. The summed E-state index contributed by atoms with van der Waals surface area (Å²) >= 11 is 0. The molecule has 2 heterocycles. The lowest BCUT2D eigenvalue weighted by atomic mass is 10.3. The number of oxazole rings is 1. The highest BCUT2D eigenvalue weighted by atomic mass is 16.5. The molecule has 3 rings (SSSR count). The van der Waals surface area contributed by atoms with Gasteiger partial charge in [-0.1, -0.05) is 25.5 Å². The van der Waals surface area contributed by atoms with Crippen LogP contribution in [0.25, 0.3) is 11.1 Å². The van der Waals surface area contributed by atoms with E-state index in [2.05, 4.69) is 22.4 Å². The van der Waals surface area contributed by atoms with Gasteiger partial charge in [0.15, 0.2) is 18.0 Å². The number of para-hydroxylation sites is 2. The van der Waals surface area contributed by atoms with Crippen LogP contribution in [0.4, 0.5) is 0 Å². The third kappa shape index (κ3) is 3.44. The minimum Gasteiger partial charge on any atom is -0.456 e. The summed E-state index contributed by atoms with van der Waals surface area (Å²) in [4.78, 5) is 24.4. The van der Waals surface area contributed by atoms with Crippen LogP contribution in [0.3, 0.4) is 0 Å². The van der Waals surface area contributed by atoms with Crippen molar-refractivity contribution in [3.63, 3.8) is 0 Å². The Morgan fingerprint density at radius 2 is 2.16 bits per heavy atom. The van der Waals surface area contributed by atoms with Crippen molar-refractivity contribution in [1.29, 1.82) is 0 Å². The molecule has 0 spiro atoms. The molecule has 2 aromatic heterocycles. The SMILES string of the molecule is CCCCn1nnnc1COC(=O)C(C)n1c(=O)oc2ccccc21. The Morgan fingerprint density at radius 1 is 1.36 bits per heavy atom. The second kappa shape index (κ2) is 7.29. The molecule has 1 unspecified atom stereocenters. The molecule has 0 aliphatic rings. The molecule has 0 bridgehead atoms. The van der Waals surface area contributed by atoms with E-state index in [0.717, 1.165) is 12.8 Å². The fraction of sp³-hybridized carbons (Fsp3) is 0.438. The van der Waals surface area contributed by atoms with E-state index in [1.54, 1.807) is 35.9 Å². The number of carbonyl (C=O) groups excluding carboxylic acids is 1. The summed E-state index contributed by atoms with van der Waals surface area (Å²) in [7, 11) is 0. The maximum absolute atomic E-state index is 12.4. The first-order valence-corrected chi connectivity index (χ1v) is 8.13. The predicted octanol–water partition coefficient (Wildman–Crippen LogP) is 1.69. The van der Waals surface area contributed by atoms with E-state index in [1.807, 2.05) is 0 Å². The molecule has 132 valence electrons. The van der Waals surface area contributed by atoms with Gasteiger partial charge >= 0.3 is 11.7 Å². The minimum atomic E-state index is -0.823. The number of hydrogen-bond donors (Lipinski definition) is 0. The molecule has 1 aromatic carbocycles. The number of carbonyl (C=O) groups is 1. The van der Waals surface area contributed by atoms with Gasteiger partial charge < -0.3 is 9.15 Å². The Kier molecular flexibility index (Phi) is 4.92. The molecular formula is C16H19N5O4. The third-order valence-electron chi connectivity index (χ3n) is 3.92. The van der Waals surface area contributed by atoms with Crippen LogP contribution >= 0.6 is 0 Å². The zero-order chi connectivity index (χ0) is 17.8. The van der Waals surface area contributed by atoms with Crippen molar-refractivity contribution in [3.8, 4) is 0 Å². The molecule has 0 amide bonds. The number of rotatable bonds is 7. The Bertz CT molecular complexity index is 926. The van der Waals surface area contributed by atoms with Gasteiger partial charge in [-0.25, -0.2) is 14.3 Å². The number of nitrogens with zero attached hydrogens (tertiary/aromatic N) is 5. The summed E-state index contributed by atoms with van der Waals surface area (Å²) in [5.41, 5.74) is 0.973. The van der Waals surface area contributed by atoms with Crippen molar-refractivity contribution in [1.82, 2.24) is 24.8 Å². The van der Waals surface area contributed by atoms with Crippen LogP contribution in [0, 0.1) is 0 Å². The van der Waals surface area contributed by atoms with E-state index in [4.69, 9.17) is 9.15 Å². The van der Waals surface area contributed by atoms with Crippen LogP contribution in [-0.2, 0) is 22.7 Å². The van der Waals surface area contributed by atoms with Crippen LogP contribution in [0.1, 0.15) is 38.6 Å². The fourth-order valence-electron chi connectivity index (χ4n) is 2.52. The van der Waals surface area contributed by atoms with Crippen molar-refractivity contribution in [2.45, 2.75) is 45.9 Å². The zero-order valence-electron chi connectivity index (χ0n) is 14.1. The van der Waals surface area contributed by atoms with E-state index in [1.165, 1.54) is 4.57 Å². The number of aryl methyl sites for hydroxylation is 1. The largest absolute Gasteiger partial charge is 0.456 e. The molecule has 9 nitrogen and oxygen atoms in total. The molecule has 1 atom stereocenters. The van der Waals surface area contributed by atoms with Crippen molar-refractivity contribution < 1.29 is 13.9 Å². The lowest BCUT2D eigenvalue weighted by Crippen LogP contribution is -2.26. The highest BCUT2D eigenvalue weighted by molar-refractivity contribution is 5.79. The number of benzene rings is 1. The van der Waals surface area contributed by atoms with E-state index >= 15 is 0 Å². The van der Waals surface area contributed by atoms with Gasteiger partial charge in [0.2, 0.25) is 0 Å². The van der Waals surface area contributed by atoms with Gasteiger partial charge in [0, 0.05) is 6.54 Å². The lowest BCUT2D eigenvalue weighted by molar-refractivity contribution is -0.148. The number of fused-ring (bicyclic) bond motifs is 1. The summed E-state index contributed by atoms with van der Waals surface area (Å²) in [5, 5.41) is 11.3. The first kappa shape index (κ1) is 16.9. The molecule has 0 radical (unpaired) electrons. The maximum atomic E-state index is 12.4. The Morgan fingerprint density at radius 3 is 2.96 bits per heavy atom. The Labute approximate surface area is 143 Å². The number of hydrogen-bond acceptors (Lipinski definition) is 7. The normalized spacial score (nSPS) is 12.4. The van der Waals surface area contributed by atoms with Gasteiger partial charge in [0.25, 0.3) is 0 Å². The number of esters is 1. The van der Waals surface area contributed by atoms with Gasteiger partial charge in [-0.05, 0) is 35.9 Å². The number of ether oxygens (including phenoxy) is 1. The fourth-order valence-corrected chi connectivity index (χ4v) is 2.52. The average Bonchev–Trinajstić information content (AvgIpc) is 3.19. The van der Waals surface area contributed by atoms with E-state index < -0.39 is 17.8 Å². The molecule has 25 heavy (non-hydrogen) atoms. The zero-order valence-corrected chi connectivity index (χ0v) is 14.1. The molecule has 0 aliphatic heterocycles. The maximum Gasteiger partial charge on any atom is 0.420 e. The number of tetrazole rings is 1. The van der Waals surface area contributed by atoms with Crippen molar-refractivity contribution >= 4 is 17.1 Å². The first-order valence-electron chi connectivity index (χ1n) is 8.13. The topological polar surface area (TPSA) is 105 Å². The van der Waals surface area contributed by atoms with E-state index in [0.29, 0.717) is 23.5 Å². The summed E-state index contributed by atoms with van der Waals surface area (Å²) in [6.45, 7) is 4.27. The van der Waals surface area contributed by atoms with Crippen molar-refractivity contribution in [3.05, 3.63) is 40.6 Å². The second-order valence-electron chi connectivity index (χ2n) is 5.66. The predicted molar refractivity (Wildman–Crippen MR) is 87.7 cm³/mol. The highest BCUT2D eigenvalue weighted by Gasteiger charge is 2.23. The van der Waals surface area contributed by atoms with Gasteiger partial charge in [-0.15, -0.1) is 5.10 Å². The molecule has 0 saturated heterocycles. The molecule has 0 N–H and O–H groups in total. The second-order valence-corrected chi connectivity index (χ2v) is 5.66. The van der Waals surface area contributed by atoms with Crippen molar-refractivity contribution in [2.24, 2.45) is 0 Å². The average molecular weight is 345 g/mol. The Hall–Kier alpha value is -2.97. The van der Waals surface area contributed by atoms with Crippen LogP contribution in [0.2, 0.25) is 0 Å². The van der Waals surface area contributed by atoms with Crippen LogP contribution in [0.5, 0.6) is 0 Å². The standard InChI is InChI=1S/C16H19N5O4/c1-3-4-9-20-14(17-18-19-20)10-24-15(22)11(2)21-12-7-5-6-8-13(12)25-16(21)23/h5-8,11H,3-4,9-10H2,1-2H3. The summed E-state index contributed by atoms with van der Waals surface area (Å²) < 4.78 is 13.3.